The summed E-state index contributed by atoms with van der Waals surface area (Å²) in [6, 6.07) is -6.67. The number of aliphatic carboxylic acids is 5. The lowest BCUT2D eigenvalue weighted by atomic mass is 9.40. The Morgan fingerprint density at radius 1 is 0.591 bits per heavy atom. The van der Waals surface area contributed by atoms with Crippen molar-refractivity contribution < 1.29 is 135 Å². The number of rotatable bonds is 53. The van der Waals surface area contributed by atoms with Gasteiger partial charge >= 0.3 is 36.0 Å². The molecule has 45 nitrogen and oxygen atoms in total. The number of alkyl halides is 3. The molecule has 14 amide bonds. The largest absolute Gasteiger partial charge is 0.481 e. The third-order valence-electron chi connectivity index (χ3n) is 24.9. The highest BCUT2D eigenvalue weighted by molar-refractivity contribution is 6.10. The number of carboxylic acids is 5. The van der Waals surface area contributed by atoms with E-state index in [1.165, 1.54) is 32.9 Å². The van der Waals surface area contributed by atoms with Crippen LogP contribution >= 0.6 is 0 Å². The Hall–Kier alpha value is -13.5. The molecule has 2 saturated heterocycles. The Kier molecular flexibility index (Phi) is 39.1. The Balaban J connectivity index is 0.853. The molecule has 0 aromatic heterocycles. The van der Waals surface area contributed by atoms with Crippen LogP contribution in [0.15, 0.2) is 65.3 Å². The van der Waals surface area contributed by atoms with E-state index < -0.39 is 282 Å². The van der Waals surface area contributed by atoms with Gasteiger partial charge in [0.15, 0.2) is 5.96 Å². The zero-order valence-corrected chi connectivity index (χ0v) is 76.5. The molecule has 2 aromatic rings. The van der Waals surface area contributed by atoms with Crippen LogP contribution in [0.3, 0.4) is 0 Å². The van der Waals surface area contributed by atoms with E-state index in [2.05, 4.69) is 69.2 Å². The topological polar surface area (TPSA) is 723 Å². The van der Waals surface area contributed by atoms with Crippen LogP contribution in [0.25, 0.3) is 5.70 Å². The second-order valence-electron chi connectivity index (χ2n) is 35.6. The number of carbonyl (C=O) groups is 19. The smallest absolute Gasteiger partial charge is 0.416 e. The van der Waals surface area contributed by atoms with Crippen molar-refractivity contribution in [3.05, 3.63) is 101 Å². The van der Waals surface area contributed by atoms with Crippen LogP contribution in [0.4, 0.5) is 13.2 Å². The molecule has 748 valence electrons. The normalized spacial score (nSPS) is 20.8. The molecule has 4 aliphatic carbocycles. The molecule has 48 heteroatoms. The summed E-state index contributed by atoms with van der Waals surface area (Å²) in [4.78, 5) is 253. The number of hydrazone groups is 1. The maximum absolute atomic E-state index is 14.7. The number of aliphatic hydroxyl groups excluding tert-OH is 1. The van der Waals surface area contributed by atoms with Gasteiger partial charge in [0, 0.05) is 44.1 Å². The quantitative estimate of drug-likeness (QED) is 0.0114. The van der Waals surface area contributed by atoms with Crippen LogP contribution in [0, 0.1) is 84.6 Å². The number of nitrogens with two attached hydrogens (primary N) is 3. The first-order valence-electron chi connectivity index (χ1n) is 45.1. The van der Waals surface area contributed by atoms with Crippen LogP contribution in [0.5, 0.6) is 0 Å². The number of carbonyl (C=O) groups excluding carboxylic acids is 14. The van der Waals surface area contributed by atoms with Crippen LogP contribution in [-0.2, 0) is 92.5 Å². The fraction of sp³-hybridized carbons (Fsp3) is 0.562. The molecule has 3 aliphatic heterocycles. The number of imide groups is 1. The van der Waals surface area contributed by atoms with Gasteiger partial charge in [-0.3, -0.25) is 97.2 Å². The standard InChI is InChI=1S/C89H121F3N20O25/c1-8-43(7)71(82(130)105-54(31-40(2)3)79(127)104-56(36-63(120)121)81(129)107-70(41(4)5)87(136)137)108-78(126)53(25-26-61(116)117)103-76(124)51(94)15-9-11-27-97-74(122)45-21-19-44(20-22-45)72-68-64-48-23-24-49(65(64)69(68)73(110-109-72)46-32-42(6)33-47(34-46)89(90,91)92)67-66(48)84(132)112(85(67)133)29-12-10-16-50(93)75(123)99-37-59(114)101-52(17-13-28-98-88(95)96)77(125)100-38-60(115)102-55(35-62(118)119)80(128)106-57(39-113)83(131)111-30-14-18-58(111)86(134)135/h19-24,32-34,37-38,40-41,43,48-58,64-67,69-71,109,113H,8-18,25-31,35-36,39,93-94H2,1-7H3,(H,97,122)(H,99,123)(H,100,125)(H,101,114)(H,102,115)(H,103,124)(H,104,127)(H,105,130)(H,106,128)(H,107,129)(H,108,126)(H,116,117)(H,118,119)(H,120,121)(H,134,135)(H,136,137)(H4,95,96,98)/t43?,48?,49?,50-,51?,52?,53?,54?,55?,56?,57?,58?,64?,65?,66?,67-,69?,70?,71?/m0/s1. The van der Waals surface area contributed by atoms with Crippen molar-refractivity contribution in [3.8, 4) is 0 Å². The van der Waals surface area contributed by atoms with Gasteiger partial charge in [-0.25, -0.2) is 9.59 Å². The van der Waals surface area contributed by atoms with Crippen LogP contribution in [0.2, 0.25) is 0 Å². The maximum atomic E-state index is 14.7. The lowest BCUT2D eigenvalue weighted by Gasteiger charge is -2.62. The molecule has 3 heterocycles. The number of guanidine groups is 1. The van der Waals surface area contributed by atoms with Crippen LogP contribution < -0.4 is 86.4 Å². The first-order valence-corrected chi connectivity index (χ1v) is 45.1. The van der Waals surface area contributed by atoms with Gasteiger partial charge in [-0.1, -0.05) is 78.3 Å². The summed E-state index contributed by atoms with van der Waals surface area (Å²) in [5.74, 6) is -26.5. The van der Waals surface area contributed by atoms with Gasteiger partial charge in [0.25, 0.3) is 5.91 Å². The first kappa shape index (κ1) is 109. The van der Waals surface area contributed by atoms with Gasteiger partial charge in [0.1, 0.15) is 67.5 Å². The number of carboxylic acid groups (broad SMARTS) is 5. The molecule has 2 bridgehead atoms. The fourth-order valence-corrected chi connectivity index (χ4v) is 17.8. The van der Waals surface area contributed by atoms with E-state index in [1.54, 1.807) is 45.9 Å². The van der Waals surface area contributed by atoms with Crippen LogP contribution in [0.1, 0.15) is 177 Å². The third kappa shape index (κ3) is 29.0. The number of amides is 14. The third-order valence-corrected chi connectivity index (χ3v) is 24.9. The van der Waals surface area contributed by atoms with E-state index in [0.29, 0.717) is 36.3 Å². The van der Waals surface area contributed by atoms with Gasteiger partial charge in [-0.05, 0) is 172 Å². The van der Waals surface area contributed by atoms with Gasteiger partial charge in [0.05, 0.1) is 60.3 Å². The molecule has 26 N–H and O–H groups in total. The minimum Gasteiger partial charge on any atom is -0.481 e. The summed E-state index contributed by atoms with van der Waals surface area (Å²) in [5, 5.41) is 98.5. The first-order chi connectivity index (χ1) is 64.6. The van der Waals surface area contributed by atoms with Gasteiger partial charge in [-0.2, -0.15) is 18.3 Å². The number of allylic oxidation sites excluding steroid dienone is 3. The molecule has 17 unspecified atom stereocenters. The minimum atomic E-state index is -4.74. The summed E-state index contributed by atoms with van der Waals surface area (Å²) in [6.07, 6.45) is -2.87. The summed E-state index contributed by atoms with van der Waals surface area (Å²) >= 11 is 0. The number of aryl methyl sites for hydroxylation is 1. The van der Waals surface area contributed by atoms with E-state index in [9.17, 15) is 135 Å². The number of likely N-dealkylation sites (tertiary alicyclic amines) is 2. The minimum absolute atomic E-state index is 0.00158. The average molecular weight is 1930 g/mol. The highest BCUT2D eigenvalue weighted by Crippen LogP contribution is 2.68. The van der Waals surface area contributed by atoms with Crippen molar-refractivity contribution >= 4 is 130 Å². The number of nitrogens with one attached hydrogen (secondary N) is 14. The summed E-state index contributed by atoms with van der Waals surface area (Å²) < 4.78 is 43.6. The Bertz CT molecular complexity index is 4990. The Labute approximate surface area is 785 Å². The predicted molar refractivity (Wildman–Crippen MR) is 477 cm³/mol. The Morgan fingerprint density at radius 2 is 1.13 bits per heavy atom. The highest BCUT2D eigenvalue weighted by atomic mass is 19.4. The van der Waals surface area contributed by atoms with Gasteiger partial charge in [0.2, 0.25) is 76.8 Å². The molecule has 2 saturated carbocycles. The highest BCUT2D eigenvalue weighted by Gasteiger charge is 2.70. The maximum Gasteiger partial charge on any atom is 0.416 e. The molecule has 4 fully saturated rings. The van der Waals surface area contributed by atoms with Crippen LogP contribution in [-0.4, -0.2) is 264 Å². The predicted octanol–water partition coefficient (Wildman–Crippen LogP) is -1.85. The lowest BCUT2D eigenvalue weighted by Crippen LogP contribution is -2.62. The number of unbranched alkanes of at least 4 members (excludes halogenated alkanes) is 2. The van der Waals surface area contributed by atoms with Crippen molar-refractivity contribution in [2.45, 2.75) is 224 Å². The molecule has 2 radical (unpaired) electrons. The lowest BCUT2D eigenvalue weighted by molar-refractivity contribution is -0.150. The van der Waals surface area contributed by atoms with Crippen molar-refractivity contribution in [2.24, 2.45) is 81.5 Å². The number of nitrogens with zero attached hydrogens (tertiary/aromatic N) is 3. The zero-order chi connectivity index (χ0) is 101. The molecule has 9 rings (SSSR count). The summed E-state index contributed by atoms with van der Waals surface area (Å²) in [5.41, 5.74) is 22.7. The van der Waals surface area contributed by atoms with E-state index in [0.717, 1.165) is 21.9 Å². The molecular formula is C89H121F3N20O25. The number of hydrogen-bond acceptors (Lipinski definition) is 25. The summed E-state index contributed by atoms with van der Waals surface area (Å²) in [6.45, 7) is 11.3. The van der Waals surface area contributed by atoms with E-state index in [1.807, 2.05) is 12.2 Å². The molecule has 137 heavy (non-hydrogen) atoms. The molecule has 7 aliphatic rings. The number of halogens is 3. The number of benzene rings is 2. The van der Waals surface area contributed by atoms with E-state index in [4.69, 9.17) is 27.7 Å². The van der Waals surface area contributed by atoms with Crippen molar-refractivity contribution in [3.63, 3.8) is 0 Å². The number of fused-ring (bicyclic) bond motifs is 1. The van der Waals surface area contributed by atoms with Gasteiger partial charge in [-0.15, -0.1) is 0 Å². The second kappa shape index (κ2) is 49.3. The number of aliphatic hydroxyl groups is 1. The van der Waals surface area contributed by atoms with Gasteiger partial charge < -0.3 is 117 Å². The molecular weight excluding hydrogens is 1810 g/mol. The second-order valence-corrected chi connectivity index (χ2v) is 35.6. The average Bonchev–Trinajstić information content (AvgIpc) is 1.64. The van der Waals surface area contributed by atoms with Crippen molar-refractivity contribution in [2.75, 3.05) is 32.8 Å². The van der Waals surface area contributed by atoms with E-state index in [-0.39, 0.29) is 125 Å². The van der Waals surface area contributed by atoms with E-state index >= 15 is 0 Å². The SMILES string of the molecule is CCC(C)C(NC(=O)C(CCC(=O)O)NC(=O)C(N)CCCCNC(=O)c1ccc(C2=C3C(C(c4cc(C)cc(C(F)(F)F)c4)=NN2)C2C3C3C=CC2[C@@H]2C(=O)N(CCCC[C@H](N)C(=O)N[CH]C(=O)NC(CCCNC(=N)N)C(=O)N[CH]C(=O)NC(CC(=O)O)C(=O)NC(CO)C(=O)N4CCCC4C(=O)O)C(=O)C32)cc1)C(=O)NC(CC(C)C)C(=O)NC(CC(=O)O)C(=O)NC(C(=O)O)C(C)C. The summed E-state index contributed by atoms with van der Waals surface area (Å²) in [7, 11) is 0. The molecule has 0 spiro atoms. The Morgan fingerprint density at radius 3 is 1.72 bits per heavy atom. The zero-order valence-electron chi connectivity index (χ0n) is 76.5. The van der Waals surface area contributed by atoms with Crippen molar-refractivity contribution in [1.82, 2.24) is 79.0 Å². The molecule has 19 atom stereocenters. The number of hydrogen-bond donors (Lipinski definition) is 23. The molecule has 2 aromatic carbocycles. The fourth-order valence-electron chi connectivity index (χ4n) is 17.8. The van der Waals surface area contributed by atoms with Crippen molar-refractivity contribution in [1.29, 1.82) is 5.41 Å². The monoisotopic (exact) mass is 1930 g/mol.